The molecule has 2 aliphatic heterocycles. The second-order valence-corrected chi connectivity index (χ2v) is 14.2. The number of benzene rings is 1. The lowest BCUT2D eigenvalue weighted by atomic mass is 9.98. The Bertz CT molecular complexity index is 1440. The van der Waals surface area contributed by atoms with E-state index in [1.165, 1.54) is 4.31 Å². The number of likely N-dealkylation sites (tertiary alicyclic amines) is 1. The number of nitrogens with zero attached hydrogens (tertiary/aromatic N) is 4. The molecule has 1 aromatic carbocycles. The van der Waals surface area contributed by atoms with Gasteiger partial charge >= 0.3 is 12.5 Å². The quantitative estimate of drug-likeness (QED) is 0.342. The minimum absolute atomic E-state index is 0.0734. The number of para-hydroxylation sites is 1. The van der Waals surface area contributed by atoms with Crippen LogP contribution in [0.25, 0.3) is 0 Å². The van der Waals surface area contributed by atoms with E-state index in [1.807, 2.05) is 4.90 Å². The van der Waals surface area contributed by atoms with Crippen molar-refractivity contribution in [2.45, 2.75) is 77.2 Å². The van der Waals surface area contributed by atoms with Gasteiger partial charge in [-0.05, 0) is 64.2 Å². The summed E-state index contributed by atoms with van der Waals surface area (Å²) < 4.78 is 91.6. The number of hydrogen-bond acceptors (Lipinski definition) is 9. The Morgan fingerprint density at radius 1 is 1.09 bits per heavy atom. The number of imide groups is 1. The molecule has 1 atom stereocenters. The number of nitrogens with one attached hydrogen (secondary N) is 1. The zero-order chi connectivity index (χ0) is 33.6. The van der Waals surface area contributed by atoms with Crippen LogP contribution >= 0.6 is 0 Å². The number of allylic oxidation sites excluding steroid dienone is 2. The summed E-state index contributed by atoms with van der Waals surface area (Å²) in [5.41, 5.74) is 3.17. The molecule has 0 bridgehead atoms. The molecule has 3 aliphatic rings. The van der Waals surface area contributed by atoms with Gasteiger partial charge < -0.3 is 14.4 Å². The Balaban J connectivity index is 1.39. The summed E-state index contributed by atoms with van der Waals surface area (Å²) in [5.74, 6) is -1.77. The highest BCUT2D eigenvalue weighted by Gasteiger charge is 2.39. The van der Waals surface area contributed by atoms with E-state index < -0.39 is 52.7 Å². The number of rotatable bonds is 11. The normalized spacial score (nSPS) is 19.6. The smallest absolute Gasteiger partial charge is 0.417 e. The average molecular weight is 674 g/mol. The van der Waals surface area contributed by atoms with Gasteiger partial charge in [0.05, 0.1) is 18.0 Å². The van der Waals surface area contributed by atoms with Crippen LogP contribution in [0.1, 0.15) is 46.5 Å². The summed E-state index contributed by atoms with van der Waals surface area (Å²) in [4.78, 5) is 27.2. The maximum atomic E-state index is 13.7. The van der Waals surface area contributed by atoms with Crippen molar-refractivity contribution < 1.29 is 45.0 Å². The fourth-order valence-electron chi connectivity index (χ4n) is 5.26. The molecule has 1 saturated heterocycles. The van der Waals surface area contributed by atoms with Crippen molar-refractivity contribution in [3.63, 3.8) is 0 Å². The van der Waals surface area contributed by atoms with Crippen LogP contribution in [-0.4, -0.2) is 98.8 Å². The van der Waals surface area contributed by atoms with Crippen molar-refractivity contribution in [2.24, 2.45) is 5.10 Å². The molecule has 46 heavy (non-hydrogen) atoms. The lowest BCUT2D eigenvalue weighted by Gasteiger charge is -2.38. The van der Waals surface area contributed by atoms with Crippen LogP contribution < -0.4 is 9.73 Å². The number of alkyl halides is 4. The van der Waals surface area contributed by atoms with E-state index in [1.54, 1.807) is 63.3 Å². The largest absolute Gasteiger partial charge is 0.445 e. The number of halogens is 4. The Hall–Kier alpha value is -3.66. The third kappa shape index (κ3) is 9.21. The fraction of sp³-hybridized carbons (Fsp3) is 0.567. The van der Waals surface area contributed by atoms with E-state index in [4.69, 9.17) is 9.47 Å². The van der Waals surface area contributed by atoms with E-state index in [2.05, 4.69) is 10.5 Å². The monoisotopic (exact) mass is 673 g/mol. The van der Waals surface area contributed by atoms with Gasteiger partial charge in [0.2, 0.25) is 22.1 Å². The average Bonchev–Trinajstić information content (AvgIpc) is 3.50. The topological polar surface area (TPSA) is 121 Å². The highest BCUT2D eigenvalue weighted by atomic mass is 32.2. The lowest BCUT2D eigenvalue weighted by molar-refractivity contribution is -0.145. The van der Waals surface area contributed by atoms with E-state index in [-0.39, 0.29) is 50.7 Å². The van der Waals surface area contributed by atoms with E-state index in [0.29, 0.717) is 29.0 Å². The summed E-state index contributed by atoms with van der Waals surface area (Å²) in [6, 6.07) is 7.81. The molecule has 0 spiro atoms. The standard InChI is InChI=1S/C30H39F4N5O6S/c1-30(2,3)45-29(41)39(28(40)25(33)34)23-13-15-37(16-14-23)17-18-46(42,43)38(22-7-5-4-6-8-22)19-20-9-11-21(12-10-20)26-35-36-27(44-26)24(31)32/h4-9,11,23-25,27,36H,10,12-19H2,1-3H3/t27-/m0/s1. The number of hydrogen-bond donors (Lipinski definition) is 1. The van der Waals surface area contributed by atoms with Gasteiger partial charge in [0.15, 0.2) is 0 Å². The molecule has 4 rings (SSSR count). The van der Waals surface area contributed by atoms with Crippen LogP contribution in [0, 0.1) is 0 Å². The van der Waals surface area contributed by atoms with Crippen molar-refractivity contribution in [3.8, 4) is 0 Å². The maximum absolute atomic E-state index is 13.7. The highest BCUT2D eigenvalue weighted by molar-refractivity contribution is 7.92. The Labute approximate surface area is 265 Å². The van der Waals surface area contributed by atoms with Crippen LogP contribution in [0.5, 0.6) is 0 Å². The van der Waals surface area contributed by atoms with Crippen molar-refractivity contribution >= 4 is 33.6 Å². The molecule has 1 aliphatic carbocycles. The predicted molar refractivity (Wildman–Crippen MR) is 163 cm³/mol. The van der Waals surface area contributed by atoms with Crippen molar-refractivity contribution in [2.75, 3.05) is 36.2 Å². The van der Waals surface area contributed by atoms with Crippen LogP contribution in [0.15, 0.2) is 58.7 Å². The molecule has 2 amide bonds. The Morgan fingerprint density at radius 2 is 1.76 bits per heavy atom. The van der Waals surface area contributed by atoms with Gasteiger partial charge in [-0.25, -0.2) is 26.9 Å². The van der Waals surface area contributed by atoms with E-state index in [0.717, 1.165) is 5.57 Å². The fourth-order valence-corrected chi connectivity index (χ4v) is 6.78. The van der Waals surface area contributed by atoms with Gasteiger partial charge in [0, 0.05) is 31.2 Å². The number of piperidine rings is 1. The van der Waals surface area contributed by atoms with Crippen LogP contribution in [0.3, 0.4) is 0 Å². The molecule has 16 heteroatoms. The summed E-state index contributed by atoms with van der Waals surface area (Å²) in [6.45, 7) is 5.50. The van der Waals surface area contributed by atoms with Crippen LogP contribution in [0.4, 0.5) is 28.0 Å². The molecule has 1 N–H and O–H groups in total. The molecule has 1 fully saturated rings. The summed E-state index contributed by atoms with van der Waals surface area (Å²) >= 11 is 0. The zero-order valence-corrected chi connectivity index (χ0v) is 26.7. The molecular weight excluding hydrogens is 634 g/mol. The van der Waals surface area contributed by atoms with Gasteiger partial charge in [-0.1, -0.05) is 30.4 Å². The molecule has 0 radical (unpaired) electrons. The SMILES string of the molecule is CC(C)(C)OC(=O)N(C(=O)C(F)F)C1CCN(CCS(=O)(=O)N(CC2=CC=C(C3=NN[C@H](C(F)F)O3)CC2)c2ccccc2)CC1. The van der Waals surface area contributed by atoms with Gasteiger partial charge in [0.25, 0.3) is 12.3 Å². The minimum Gasteiger partial charge on any atom is -0.445 e. The van der Waals surface area contributed by atoms with E-state index >= 15 is 0 Å². The minimum atomic E-state index is -3.86. The van der Waals surface area contributed by atoms with Gasteiger partial charge in [-0.15, -0.1) is 5.10 Å². The number of sulfonamides is 1. The molecule has 0 saturated carbocycles. The third-order valence-electron chi connectivity index (χ3n) is 7.60. The van der Waals surface area contributed by atoms with Crippen molar-refractivity contribution in [1.29, 1.82) is 0 Å². The third-order valence-corrected chi connectivity index (χ3v) is 9.31. The number of carbonyl (C=O) groups excluding carboxylic acids is 2. The first kappa shape index (κ1) is 35.2. The Kier molecular flexibility index (Phi) is 11.4. The van der Waals surface area contributed by atoms with Crippen molar-refractivity contribution in [3.05, 3.63) is 53.6 Å². The highest BCUT2D eigenvalue weighted by Crippen LogP contribution is 2.27. The Morgan fingerprint density at radius 3 is 2.30 bits per heavy atom. The first-order valence-corrected chi connectivity index (χ1v) is 16.5. The molecule has 254 valence electrons. The molecule has 1 aromatic rings. The lowest BCUT2D eigenvalue weighted by Crippen LogP contribution is -2.53. The number of ether oxygens (including phenoxy) is 2. The van der Waals surface area contributed by atoms with Crippen molar-refractivity contribution in [1.82, 2.24) is 15.2 Å². The number of anilines is 1. The molecular formula is C30H39F4N5O6S. The predicted octanol–water partition coefficient (Wildman–Crippen LogP) is 4.49. The molecule has 0 aromatic heterocycles. The van der Waals surface area contributed by atoms with Gasteiger partial charge in [-0.2, -0.15) is 8.78 Å². The van der Waals surface area contributed by atoms with Gasteiger partial charge in [-0.3, -0.25) is 14.5 Å². The number of carbonyl (C=O) groups is 2. The zero-order valence-electron chi connectivity index (χ0n) is 25.9. The second kappa shape index (κ2) is 14.8. The van der Waals surface area contributed by atoms with Crippen LogP contribution in [0.2, 0.25) is 0 Å². The number of amides is 2. The van der Waals surface area contributed by atoms with Crippen LogP contribution in [-0.2, 0) is 24.3 Å². The van der Waals surface area contributed by atoms with Gasteiger partial charge in [0.1, 0.15) is 5.60 Å². The van der Waals surface area contributed by atoms with E-state index in [9.17, 15) is 35.6 Å². The summed E-state index contributed by atoms with van der Waals surface area (Å²) in [7, 11) is -3.86. The first-order chi connectivity index (χ1) is 21.6. The molecule has 0 unspecified atom stereocenters. The molecule has 2 heterocycles. The maximum Gasteiger partial charge on any atom is 0.417 e. The number of hydrazone groups is 1. The summed E-state index contributed by atoms with van der Waals surface area (Å²) in [6.07, 6.45) is -4.06. The first-order valence-electron chi connectivity index (χ1n) is 14.9. The molecule has 11 nitrogen and oxygen atoms in total. The summed E-state index contributed by atoms with van der Waals surface area (Å²) in [5, 5.41) is 3.84. The second-order valence-electron chi connectivity index (χ2n) is 12.2.